The second kappa shape index (κ2) is 18.2. The fourth-order valence-corrected chi connectivity index (χ4v) is 4.79. The van der Waals surface area contributed by atoms with Crippen molar-refractivity contribution in [3.8, 4) is 0 Å². The van der Waals surface area contributed by atoms with Gasteiger partial charge in [0.25, 0.3) is 0 Å². The van der Waals surface area contributed by atoms with Gasteiger partial charge in [-0.15, -0.1) is 0 Å². The third-order valence-electron chi connectivity index (χ3n) is 7.38. The summed E-state index contributed by atoms with van der Waals surface area (Å²) in [4.78, 5) is 90.6. The summed E-state index contributed by atoms with van der Waals surface area (Å²) in [5.74, 6) is -6.22. The molecular weight excluding hydrogens is 590 g/mol. The van der Waals surface area contributed by atoms with Crippen LogP contribution in [-0.2, 0) is 33.5 Å². The van der Waals surface area contributed by atoms with Crippen LogP contribution in [0.25, 0.3) is 0 Å². The predicted octanol–water partition coefficient (Wildman–Crippen LogP) is 1.39. The summed E-state index contributed by atoms with van der Waals surface area (Å²) in [5.41, 5.74) is -0.870. The number of carbonyl (C=O) groups is 7. The number of nitrogens with zero attached hydrogens (tertiary/aromatic N) is 1. The van der Waals surface area contributed by atoms with E-state index in [0.717, 1.165) is 12.8 Å². The van der Waals surface area contributed by atoms with Crippen molar-refractivity contribution in [2.75, 3.05) is 13.1 Å². The lowest BCUT2D eigenvalue weighted by atomic mass is 9.86. The van der Waals surface area contributed by atoms with Crippen molar-refractivity contribution in [1.29, 1.82) is 0 Å². The zero-order valence-electron chi connectivity index (χ0n) is 27.4. The Balaban J connectivity index is 3.29. The van der Waals surface area contributed by atoms with Gasteiger partial charge in [0.05, 0.1) is 12.8 Å². The Morgan fingerprint density at radius 3 is 1.69 bits per heavy atom. The van der Waals surface area contributed by atoms with Gasteiger partial charge in [-0.2, -0.15) is 0 Å². The van der Waals surface area contributed by atoms with E-state index >= 15 is 0 Å². The van der Waals surface area contributed by atoms with Crippen molar-refractivity contribution in [2.24, 2.45) is 11.3 Å². The standard InChI is InChI=1S/C30H51N5O10/c1-8-18(9-2)45-29(44)34-24(30(5,6)7)27(41)32-19(15-22(36)35-12-10-11-13-35)25(39)31-20(16-23(37)38)26(40)33-21(28(42)43)14-17(3)4/h17-21,24H,8-16H2,1-7H3,(H,31,39)(H,32,41)(H,33,40)(H,34,44)(H,37,38)(H,42,43). The monoisotopic (exact) mass is 641 g/mol. The summed E-state index contributed by atoms with van der Waals surface area (Å²) in [6.45, 7) is 13.2. The smallest absolute Gasteiger partial charge is 0.408 e. The van der Waals surface area contributed by atoms with Gasteiger partial charge >= 0.3 is 18.0 Å². The first-order chi connectivity index (χ1) is 20.9. The lowest BCUT2D eigenvalue weighted by Gasteiger charge is -2.32. The second-order valence-corrected chi connectivity index (χ2v) is 12.8. The molecule has 0 aromatic rings. The number of hydrogen-bond donors (Lipinski definition) is 6. The molecule has 0 saturated carbocycles. The highest BCUT2D eigenvalue weighted by Crippen LogP contribution is 2.21. The summed E-state index contributed by atoms with van der Waals surface area (Å²) in [7, 11) is 0. The van der Waals surface area contributed by atoms with Crippen molar-refractivity contribution < 1.29 is 48.5 Å². The van der Waals surface area contributed by atoms with Crippen LogP contribution in [0.4, 0.5) is 4.79 Å². The summed E-state index contributed by atoms with van der Waals surface area (Å²) < 4.78 is 5.39. The molecule has 0 aromatic heterocycles. The van der Waals surface area contributed by atoms with Crippen molar-refractivity contribution >= 4 is 41.7 Å². The predicted molar refractivity (Wildman–Crippen MR) is 163 cm³/mol. The van der Waals surface area contributed by atoms with Gasteiger partial charge in [0.1, 0.15) is 30.3 Å². The fraction of sp³-hybridized carbons (Fsp3) is 0.767. The largest absolute Gasteiger partial charge is 0.481 e. The van der Waals surface area contributed by atoms with Gasteiger partial charge in [-0.3, -0.25) is 24.0 Å². The molecule has 4 atom stereocenters. The van der Waals surface area contributed by atoms with Crippen molar-refractivity contribution in [3.05, 3.63) is 0 Å². The van der Waals surface area contributed by atoms with E-state index in [4.69, 9.17) is 4.74 Å². The number of carboxylic acid groups (broad SMARTS) is 2. The molecule has 5 amide bonds. The maximum absolute atomic E-state index is 13.6. The van der Waals surface area contributed by atoms with Crippen LogP contribution >= 0.6 is 0 Å². The minimum absolute atomic E-state index is 0.0543. The molecule has 1 fully saturated rings. The highest BCUT2D eigenvalue weighted by Gasteiger charge is 2.38. The Morgan fingerprint density at radius 1 is 0.756 bits per heavy atom. The maximum atomic E-state index is 13.6. The molecule has 15 nitrogen and oxygen atoms in total. The van der Waals surface area contributed by atoms with Crippen molar-refractivity contribution in [3.63, 3.8) is 0 Å². The molecule has 6 N–H and O–H groups in total. The maximum Gasteiger partial charge on any atom is 0.408 e. The van der Waals surface area contributed by atoms with Gasteiger partial charge in [0, 0.05) is 13.1 Å². The van der Waals surface area contributed by atoms with Crippen LogP contribution in [0, 0.1) is 11.3 Å². The lowest BCUT2D eigenvalue weighted by molar-refractivity contribution is -0.144. The molecule has 0 bridgehead atoms. The van der Waals surface area contributed by atoms with E-state index < -0.39 is 84.1 Å². The Morgan fingerprint density at radius 2 is 1.24 bits per heavy atom. The van der Waals surface area contributed by atoms with E-state index in [1.807, 2.05) is 13.8 Å². The molecule has 45 heavy (non-hydrogen) atoms. The number of nitrogens with one attached hydrogen (secondary N) is 4. The van der Waals surface area contributed by atoms with E-state index in [1.54, 1.807) is 34.6 Å². The van der Waals surface area contributed by atoms with Crippen LogP contribution in [0.5, 0.6) is 0 Å². The first-order valence-corrected chi connectivity index (χ1v) is 15.5. The average molecular weight is 642 g/mol. The third kappa shape index (κ3) is 13.7. The topological polar surface area (TPSA) is 221 Å². The quantitative estimate of drug-likeness (QED) is 0.134. The number of hydrogen-bond acceptors (Lipinski definition) is 8. The number of carbonyl (C=O) groups excluding carboxylic acids is 5. The summed E-state index contributed by atoms with van der Waals surface area (Å²) in [6, 6.07) is -5.81. The Bertz CT molecular complexity index is 1060. The number of carboxylic acids is 2. The average Bonchev–Trinajstić information content (AvgIpc) is 3.47. The number of alkyl carbamates (subject to hydrolysis) is 1. The molecule has 4 unspecified atom stereocenters. The zero-order chi connectivity index (χ0) is 34.5. The molecule has 1 heterocycles. The van der Waals surface area contributed by atoms with Gasteiger partial charge in [0.15, 0.2) is 0 Å². The van der Waals surface area contributed by atoms with Crippen molar-refractivity contribution in [2.45, 2.75) is 124 Å². The van der Waals surface area contributed by atoms with Crippen molar-refractivity contribution in [1.82, 2.24) is 26.2 Å². The van der Waals surface area contributed by atoms with Crippen LogP contribution in [0.15, 0.2) is 0 Å². The van der Waals surface area contributed by atoms with Gasteiger partial charge in [0.2, 0.25) is 23.6 Å². The molecule has 0 spiro atoms. The Labute approximate surface area is 264 Å². The number of ether oxygens (including phenoxy) is 1. The molecule has 1 rings (SSSR count). The first-order valence-electron chi connectivity index (χ1n) is 15.5. The van der Waals surface area contributed by atoms with Gasteiger partial charge < -0.3 is 41.1 Å². The Hall–Kier alpha value is -3.91. The summed E-state index contributed by atoms with van der Waals surface area (Å²) >= 11 is 0. The SMILES string of the molecule is CCC(CC)OC(=O)NC(C(=O)NC(CC(=O)N1CCCC1)C(=O)NC(CC(=O)O)C(=O)NC(CC(C)C)C(=O)O)C(C)(C)C. The molecule has 1 aliphatic rings. The minimum atomic E-state index is -1.71. The van der Waals surface area contributed by atoms with Crippen LogP contribution in [0.3, 0.4) is 0 Å². The van der Waals surface area contributed by atoms with E-state index in [-0.39, 0.29) is 18.4 Å². The van der Waals surface area contributed by atoms with Crippen LogP contribution < -0.4 is 21.3 Å². The number of rotatable bonds is 17. The molecule has 256 valence electrons. The number of likely N-dealkylation sites (tertiary alicyclic amines) is 1. The fourth-order valence-electron chi connectivity index (χ4n) is 4.79. The summed E-state index contributed by atoms with van der Waals surface area (Å²) in [6.07, 6.45) is 0.124. The highest BCUT2D eigenvalue weighted by molar-refractivity contribution is 5.98. The zero-order valence-corrected chi connectivity index (χ0v) is 27.4. The second-order valence-electron chi connectivity index (χ2n) is 12.8. The lowest BCUT2D eigenvalue weighted by Crippen LogP contribution is -2.60. The number of amides is 5. The van der Waals surface area contributed by atoms with E-state index in [1.165, 1.54) is 4.90 Å². The summed E-state index contributed by atoms with van der Waals surface area (Å²) in [5, 5.41) is 28.5. The molecule has 1 aliphatic heterocycles. The number of aliphatic carboxylic acids is 2. The van der Waals surface area contributed by atoms with E-state index in [0.29, 0.717) is 25.9 Å². The molecular formula is C30H51N5O10. The molecule has 0 aliphatic carbocycles. The highest BCUT2D eigenvalue weighted by atomic mass is 16.6. The first kappa shape index (κ1) is 39.1. The molecule has 1 saturated heterocycles. The van der Waals surface area contributed by atoms with Gasteiger partial charge in [-0.25, -0.2) is 9.59 Å². The van der Waals surface area contributed by atoms with Gasteiger partial charge in [-0.05, 0) is 43.4 Å². The Kier molecular flexibility index (Phi) is 15.8. The van der Waals surface area contributed by atoms with Crippen LogP contribution in [-0.4, -0.2) is 100 Å². The third-order valence-corrected chi connectivity index (χ3v) is 7.38. The van der Waals surface area contributed by atoms with E-state index in [2.05, 4.69) is 21.3 Å². The molecule has 0 aromatic carbocycles. The van der Waals surface area contributed by atoms with Gasteiger partial charge in [-0.1, -0.05) is 48.5 Å². The van der Waals surface area contributed by atoms with E-state index in [9.17, 15) is 43.8 Å². The van der Waals surface area contributed by atoms with Crippen LogP contribution in [0.1, 0.15) is 93.4 Å². The van der Waals surface area contributed by atoms with Crippen LogP contribution in [0.2, 0.25) is 0 Å². The minimum Gasteiger partial charge on any atom is -0.481 e. The molecule has 0 radical (unpaired) electrons. The normalized spacial score (nSPS) is 15.9. The molecule has 15 heteroatoms.